The molecule has 9 heteroatoms. The first-order valence-corrected chi connectivity index (χ1v) is 12.3. The molecular weight excluding hydrogens is 467 g/mol. The molecular formula is C27H30F3N5O. The molecule has 0 bridgehead atoms. The summed E-state index contributed by atoms with van der Waals surface area (Å²) in [6.07, 6.45) is -1.80. The van der Waals surface area contributed by atoms with Crippen LogP contribution in [0.2, 0.25) is 0 Å². The van der Waals surface area contributed by atoms with Crippen LogP contribution in [0, 0.1) is 19.3 Å². The molecule has 5 rings (SSSR count). The Morgan fingerprint density at radius 3 is 2.39 bits per heavy atom. The van der Waals surface area contributed by atoms with Gasteiger partial charge in [0.15, 0.2) is 5.82 Å². The third-order valence-electron chi connectivity index (χ3n) is 7.96. The van der Waals surface area contributed by atoms with Gasteiger partial charge in [-0.3, -0.25) is 4.79 Å². The van der Waals surface area contributed by atoms with E-state index in [2.05, 4.69) is 32.5 Å². The Labute approximate surface area is 208 Å². The maximum Gasteiger partial charge on any atom is 0.416 e. The maximum absolute atomic E-state index is 13.3. The molecule has 0 atom stereocenters. The molecule has 3 aromatic rings. The van der Waals surface area contributed by atoms with E-state index in [9.17, 15) is 18.0 Å². The van der Waals surface area contributed by atoms with Crippen LogP contribution in [0.1, 0.15) is 41.6 Å². The van der Waals surface area contributed by atoms with Gasteiger partial charge in [0.05, 0.1) is 16.7 Å². The molecule has 2 saturated heterocycles. The van der Waals surface area contributed by atoms with Gasteiger partial charge in [0.25, 0.3) is 0 Å². The van der Waals surface area contributed by atoms with Gasteiger partial charge in [-0.1, -0.05) is 18.2 Å². The zero-order chi connectivity index (χ0) is 25.7. The summed E-state index contributed by atoms with van der Waals surface area (Å²) < 4.78 is 40.0. The Bertz CT molecular complexity index is 1310. The summed E-state index contributed by atoms with van der Waals surface area (Å²) in [5.41, 5.74) is 1.75. The summed E-state index contributed by atoms with van der Waals surface area (Å²) in [5.74, 6) is 0.804. The van der Waals surface area contributed by atoms with Crippen LogP contribution in [0.15, 0.2) is 36.4 Å². The normalized spacial score (nSPS) is 17.9. The minimum atomic E-state index is -4.39. The SMILES string of the molecule is Cc1c(CNc2nnc(C)c3ccc(N4CCC5(CCN(C)C5=O)CC4)cc23)cccc1C(F)(F)F. The van der Waals surface area contributed by atoms with E-state index in [-0.39, 0.29) is 23.4 Å². The number of carbonyl (C=O) groups excluding carboxylic acids is 1. The molecule has 2 aromatic carbocycles. The standard InChI is InChI=1S/C27H30F3N5O/c1-17-19(5-4-6-23(17)27(28,29)30)16-31-24-22-15-20(7-8-21(22)18(2)32-33-24)35-13-10-26(11-14-35)9-12-34(3)25(26)36/h4-8,15H,9-14,16H2,1-3H3,(H,31,33). The van der Waals surface area contributed by atoms with Gasteiger partial charge in [-0.25, -0.2) is 0 Å². The minimum Gasteiger partial charge on any atom is -0.371 e. The van der Waals surface area contributed by atoms with E-state index in [1.54, 1.807) is 6.07 Å². The number of alkyl halides is 3. The van der Waals surface area contributed by atoms with Gasteiger partial charge in [0.2, 0.25) is 5.91 Å². The number of aromatic nitrogens is 2. The highest BCUT2D eigenvalue weighted by molar-refractivity contribution is 5.95. The van der Waals surface area contributed by atoms with E-state index in [0.717, 1.165) is 67.1 Å². The van der Waals surface area contributed by atoms with Crippen molar-refractivity contribution in [1.29, 1.82) is 0 Å². The van der Waals surface area contributed by atoms with Crippen molar-refractivity contribution in [1.82, 2.24) is 15.1 Å². The topological polar surface area (TPSA) is 61.4 Å². The Hall–Kier alpha value is -3.36. The summed E-state index contributed by atoms with van der Waals surface area (Å²) in [5, 5.41) is 13.6. The van der Waals surface area contributed by atoms with E-state index in [0.29, 0.717) is 11.4 Å². The van der Waals surface area contributed by atoms with Gasteiger partial charge >= 0.3 is 6.18 Å². The molecule has 1 spiro atoms. The van der Waals surface area contributed by atoms with Gasteiger partial charge in [0.1, 0.15) is 0 Å². The molecule has 6 nitrogen and oxygen atoms in total. The average Bonchev–Trinajstić information content (AvgIpc) is 3.12. The van der Waals surface area contributed by atoms with Crippen LogP contribution >= 0.6 is 0 Å². The van der Waals surface area contributed by atoms with Gasteiger partial charge < -0.3 is 15.1 Å². The summed E-state index contributed by atoms with van der Waals surface area (Å²) in [4.78, 5) is 16.8. The van der Waals surface area contributed by atoms with Crippen LogP contribution in [0.3, 0.4) is 0 Å². The smallest absolute Gasteiger partial charge is 0.371 e. The molecule has 2 aliphatic heterocycles. The fourth-order valence-electron chi connectivity index (χ4n) is 5.62. The third-order valence-corrected chi connectivity index (χ3v) is 7.96. The zero-order valence-corrected chi connectivity index (χ0v) is 20.7. The number of fused-ring (bicyclic) bond motifs is 1. The number of nitrogens with one attached hydrogen (secondary N) is 1. The lowest BCUT2D eigenvalue weighted by Gasteiger charge is -2.39. The Morgan fingerprint density at radius 1 is 1.00 bits per heavy atom. The molecule has 1 aromatic heterocycles. The van der Waals surface area contributed by atoms with Crippen LogP contribution in [-0.4, -0.2) is 47.7 Å². The quantitative estimate of drug-likeness (QED) is 0.528. The summed E-state index contributed by atoms with van der Waals surface area (Å²) in [6.45, 7) is 6.01. The lowest BCUT2D eigenvalue weighted by atomic mass is 9.77. The number of aryl methyl sites for hydroxylation is 1. The molecule has 0 aliphatic carbocycles. The number of halogens is 3. The number of nitrogens with zero attached hydrogens (tertiary/aromatic N) is 4. The van der Waals surface area contributed by atoms with Crippen LogP contribution in [0.4, 0.5) is 24.7 Å². The van der Waals surface area contributed by atoms with E-state index < -0.39 is 11.7 Å². The molecule has 2 fully saturated rings. The van der Waals surface area contributed by atoms with Crippen LogP contribution in [0.25, 0.3) is 10.8 Å². The molecule has 2 aliphatic rings. The number of likely N-dealkylation sites (tertiary alicyclic amines) is 1. The molecule has 36 heavy (non-hydrogen) atoms. The van der Waals surface area contributed by atoms with Gasteiger partial charge in [-0.15, -0.1) is 5.10 Å². The van der Waals surface area contributed by atoms with Crippen molar-refractivity contribution in [3.63, 3.8) is 0 Å². The number of anilines is 2. The monoisotopic (exact) mass is 497 g/mol. The zero-order valence-electron chi connectivity index (χ0n) is 20.7. The minimum absolute atomic E-state index is 0.203. The number of carbonyl (C=O) groups is 1. The Balaban J connectivity index is 1.39. The van der Waals surface area contributed by atoms with E-state index in [1.807, 2.05) is 24.9 Å². The molecule has 1 amide bonds. The summed E-state index contributed by atoms with van der Waals surface area (Å²) in [7, 11) is 1.88. The predicted octanol–water partition coefficient (Wildman–Crippen LogP) is 5.33. The number of hydrogen-bond acceptors (Lipinski definition) is 5. The van der Waals surface area contributed by atoms with Crippen molar-refractivity contribution in [2.45, 2.75) is 45.8 Å². The van der Waals surface area contributed by atoms with Crippen molar-refractivity contribution in [2.75, 3.05) is 36.9 Å². The van der Waals surface area contributed by atoms with Crippen LogP contribution < -0.4 is 10.2 Å². The molecule has 3 heterocycles. The van der Waals surface area contributed by atoms with Gasteiger partial charge in [0, 0.05) is 49.7 Å². The van der Waals surface area contributed by atoms with Crippen molar-refractivity contribution in [2.24, 2.45) is 5.41 Å². The highest BCUT2D eigenvalue weighted by Crippen LogP contribution is 2.42. The number of hydrogen-bond donors (Lipinski definition) is 1. The predicted molar refractivity (Wildman–Crippen MR) is 134 cm³/mol. The van der Waals surface area contributed by atoms with E-state index >= 15 is 0 Å². The summed E-state index contributed by atoms with van der Waals surface area (Å²) in [6, 6.07) is 10.4. The molecule has 0 radical (unpaired) electrons. The molecule has 0 unspecified atom stereocenters. The lowest BCUT2D eigenvalue weighted by Crippen LogP contribution is -2.44. The van der Waals surface area contributed by atoms with Crippen LogP contribution in [-0.2, 0) is 17.5 Å². The Morgan fingerprint density at radius 2 is 1.72 bits per heavy atom. The van der Waals surface area contributed by atoms with Crippen LogP contribution in [0.5, 0.6) is 0 Å². The first kappa shape index (κ1) is 24.3. The first-order chi connectivity index (χ1) is 17.1. The van der Waals surface area contributed by atoms with Crippen molar-refractivity contribution in [3.8, 4) is 0 Å². The molecule has 1 N–H and O–H groups in total. The second-order valence-corrected chi connectivity index (χ2v) is 10.0. The van der Waals surface area contributed by atoms with Crippen molar-refractivity contribution >= 4 is 28.2 Å². The lowest BCUT2D eigenvalue weighted by molar-refractivity contribution is -0.138. The average molecular weight is 498 g/mol. The molecule has 190 valence electrons. The number of piperidine rings is 1. The Kier molecular flexibility index (Phi) is 6.04. The second-order valence-electron chi connectivity index (χ2n) is 10.0. The number of amides is 1. The third kappa shape index (κ3) is 4.24. The summed E-state index contributed by atoms with van der Waals surface area (Å²) >= 11 is 0. The molecule has 0 saturated carbocycles. The first-order valence-electron chi connectivity index (χ1n) is 12.3. The highest BCUT2D eigenvalue weighted by Gasteiger charge is 2.46. The number of benzene rings is 2. The van der Waals surface area contributed by atoms with Gasteiger partial charge in [-0.05, 0) is 62.4 Å². The highest BCUT2D eigenvalue weighted by atomic mass is 19.4. The van der Waals surface area contributed by atoms with Gasteiger partial charge in [-0.2, -0.15) is 18.3 Å². The van der Waals surface area contributed by atoms with Crippen molar-refractivity contribution in [3.05, 3.63) is 58.8 Å². The van der Waals surface area contributed by atoms with E-state index in [1.165, 1.54) is 13.0 Å². The maximum atomic E-state index is 13.3. The largest absolute Gasteiger partial charge is 0.416 e. The van der Waals surface area contributed by atoms with Crippen molar-refractivity contribution < 1.29 is 18.0 Å². The second kappa shape index (κ2) is 8.94. The van der Waals surface area contributed by atoms with E-state index in [4.69, 9.17) is 0 Å². The number of rotatable bonds is 4. The fourth-order valence-corrected chi connectivity index (χ4v) is 5.62. The fraction of sp³-hybridized carbons (Fsp3) is 0.444.